The van der Waals surface area contributed by atoms with Crippen LogP contribution in [0.3, 0.4) is 0 Å². The molecule has 5 nitrogen and oxygen atoms in total. The zero-order valence-corrected chi connectivity index (χ0v) is 17.1. The Morgan fingerprint density at radius 3 is 2.62 bits per heavy atom. The van der Waals surface area contributed by atoms with Gasteiger partial charge in [-0.25, -0.2) is 4.39 Å². The number of aliphatic hydroxyl groups excluding tert-OH is 1. The second kappa shape index (κ2) is 10.7. The molecule has 6 heteroatoms. The van der Waals surface area contributed by atoms with Crippen molar-refractivity contribution in [2.45, 2.75) is 70.1 Å². The quantitative estimate of drug-likeness (QED) is 0.685. The number of halogens is 1. The second-order valence-corrected chi connectivity index (χ2v) is 7.89. The van der Waals surface area contributed by atoms with Crippen molar-refractivity contribution >= 4 is 5.91 Å². The van der Waals surface area contributed by atoms with Gasteiger partial charge in [0.05, 0.1) is 0 Å². The van der Waals surface area contributed by atoms with Crippen molar-refractivity contribution in [2.24, 2.45) is 5.92 Å². The third kappa shape index (κ3) is 5.80. The Bertz CT molecular complexity index is 685. The SMILES string of the molecule is CCO[C@H]1OC(C(=O)NC2CCCCC2)=C[C@@H](c2ccc(F)cc2)[C@@H]1CCCO. The molecule has 1 aliphatic heterocycles. The predicted octanol–water partition coefficient (Wildman–Crippen LogP) is 4.02. The average Bonchev–Trinajstić information content (AvgIpc) is 2.74. The van der Waals surface area contributed by atoms with Crippen molar-refractivity contribution in [3.63, 3.8) is 0 Å². The molecule has 0 aromatic heterocycles. The molecule has 1 aromatic carbocycles. The maximum Gasteiger partial charge on any atom is 0.286 e. The summed E-state index contributed by atoms with van der Waals surface area (Å²) in [6.45, 7) is 2.41. The van der Waals surface area contributed by atoms with Crippen LogP contribution in [0.15, 0.2) is 36.1 Å². The van der Waals surface area contributed by atoms with Gasteiger partial charge >= 0.3 is 0 Å². The first-order valence-corrected chi connectivity index (χ1v) is 10.8. The fraction of sp³-hybridized carbons (Fsp3) is 0.609. The smallest absolute Gasteiger partial charge is 0.286 e. The van der Waals surface area contributed by atoms with Crippen molar-refractivity contribution in [2.75, 3.05) is 13.2 Å². The zero-order chi connectivity index (χ0) is 20.6. The van der Waals surface area contributed by atoms with Crippen LogP contribution in [0.25, 0.3) is 0 Å². The summed E-state index contributed by atoms with van der Waals surface area (Å²) in [5, 5.41) is 12.4. The molecule has 0 spiro atoms. The number of aliphatic hydroxyl groups is 1. The van der Waals surface area contributed by atoms with Crippen molar-refractivity contribution in [1.29, 1.82) is 0 Å². The summed E-state index contributed by atoms with van der Waals surface area (Å²) in [7, 11) is 0. The molecule has 1 saturated carbocycles. The van der Waals surface area contributed by atoms with Crippen LogP contribution in [0.1, 0.15) is 63.4 Å². The molecule has 0 unspecified atom stereocenters. The maximum atomic E-state index is 13.5. The monoisotopic (exact) mass is 405 g/mol. The van der Waals surface area contributed by atoms with E-state index in [1.165, 1.54) is 18.6 Å². The molecule has 1 amide bonds. The van der Waals surface area contributed by atoms with E-state index in [1.807, 2.05) is 13.0 Å². The highest BCUT2D eigenvalue weighted by molar-refractivity contribution is 5.92. The van der Waals surface area contributed by atoms with E-state index in [0.29, 0.717) is 19.4 Å². The van der Waals surface area contributed by atoms with E-state index in [9.17, 15) is 14.3 Å². The number of ether oxygens (including phenoxy) is 2. The van der Waals surface area contributed by atoms with Gasteiger partial charge in [0.2, 0.25) is 6.29 Å². The molecule has 2 N–H and O–H groups in total. The van der Waals surface area contributed by atoms with Crippen LogP contribution >= 0.6 is 0 Å². The minimum atomic E-state index is -0.585. The molecule has 3 rings (SSSR count). The number of hydrogen-bond acceptors (Lipinski definition) is 4. The first-order chi connectivity index (χ1) is 14.1. The summed E-state index contributed by atoms with van der Waals surface area (Å²) >= 11 is 0. The molecule has 1 aromatic rings. The number of benzene rings is 1. The lowest BCUT2D eigenvalue weighted by atomic mass is 9.80. The summed E-state index contributed by atoms with van der Waals surface area (Å²) in [6.07, 6.45) is 8.01. The lowest BCUT2D eigenvalue weighted by Crippen LogP contribution is -2.42. The highest BCUT2D eigenvalue weighted by atomic mass is 19.1. The maximum absolute atomic E-state index is 13.5. The number of carbonyl (C=O) groups is 1. The Balaban J connectivity index is 1.86. The standard InChI is InChI=1S/C23H32FNO4/c1-2-28-23-19(9-6-14-26)20(16-10-12-17(24)13-11-16)15-21(29-23)22(27)25-18-7-4-3-5-8-18/h10-13,15,18-20,23,26H,2-9,14H2,1H3,(H,25,27)/t19-,20-,23-/m0/s1. The largest absolute Gasteiger partial charge is 0.459 e. The molecule has 1 fully saturated rings. The predicted molar refractivity (Wildman–Crippen MR) is 109 cm³/mol. The minimum Gasteiger partial charge on any atom is -0.459 e. The van der Waals surface area contributed by atoms with E-state index in [4.69, 9.17) is 9.47 Å². The first kappa shape index (κ1) is 21.8. The van der Waals surface area contributed by atoms with Crippen LogP contribution in [0.4, 0.5) is 4.39 Å². The Morgan fingerprint density at radius 2 is 1.97 bits per heavy atom. The summed E-state index contributed by atoms with van der Waals surface area (Å²) in [4.78, 5) is 12.9. The van der Waals surface area contributed by atoms with Gasteiger partial charge in [-0.05, 0) is 56.4 Å². The van der Waals surface area contributed by atoms with Gasteiger partial charge in [0.1, 0.15) is 5.82 Å². The van der Waals surface area contributed by atoms with E-state index in [0.717, 1.165) is 31.2 Å². The third-order valence-corrected chi connectivity index (χ3v) is 5.83. The summed E-state index contributed by atoms with van der Waals surface area (Å²) in [6, 6.07) is 6.53. The normalized spacial score (nSPS) is 25.2. The van der Waals surface area contributed by atoms with E-state index in [1.54, 1.807) is 12.1 Å². The van der Waals surface area contributed by atoms with Gasteiger partial charge in [-0.15, -0.1) is 0 Å². The molecule has 1 aliphatic carbocycles. The van der Waals surface area contributed by atoms with Crippen LogP contribution in [0.5, 0.6) is 0 Å². The molecular weight excluding hydrogens is 373 g/mol. The van der Waals surface area contributed by atoms with E-state index >= 15 is 0 Å². The minimum absolute atomic E-state index is 0.0706. The molecular formula is C23H32FNO4. The molecule has 29 heavy (non-hydrogen) atoms. The van der Waals surface area contributed by atoms with Gasteiger partial charge in [-0.1, -0.05) is 31.4 Å². The van der Waals surface area contributed by atoms with Crippen LogP contribution in [-0.2, 0) is 14.3 Å². The van der Waals surface area contributed by atoms with Crippen molar-refractivity contribution in [1.82, 2.24) is 5.32 Å². The van der Waals surface area contributed by atoms with Crippen molar-refractivity contribution < 1.29 is 23.8 Å². The highest BCUT2D eigenvalue weighted by Crippen LogP contribution is 2.39. The van der Waals surface area contributed by atoms with E-state index in [-0.39, 0.29) is 42.0 Å². The number of nitrogens with one attached hydrogen (secondary N) is 1. The second-order valence-electron chi connectivity index (χ2n) is 7.89. The number of allylic oxidation sites excluding steroid dienone is 1. The molecule has 1 heterocycles. The third-order valence-electron chi connectivity index (χ3n) is 5.83. The molecule has 3 atom stereocenters. The van der Waals surface area contributed by atoms with Gasteiger partial charge in [0.15, 0.2) is 5.76 Å². The van der Waals surface area contributed by atoms with Gasteiger partial charge in [0, 0.05) is 31.1 Å². The van der Waals surface area contributed by atoms with Gasteiger partial charge in [-0.2, -0.15) is 0 Å². The van der Waals surface area contributed by atoms with Crippen molar-refractivity contribution in [3.8, 4) is 0 Å². The molecule has 0 bridgehead atoms. The number of rotatable bonds is 8. The molecule has 160 valence electrons. The Morgan fingerprint density at radius 1 is 1.24 bits per heavy atom. The van der Waals surface area contributed by atoms with Gasteiger partial charge in [-0.3, -0.25) is 4.79 Å². The molecule has 0 saturated heterocycles. The summed E-state index contributed by atoms with van der Waals surface area (Å²) < 4.78 is 25.3. The van der Waals surface area contributed by atoms with Crippen molar-refractivity contribution in [3.05, 3.63) is 47.5 Å². The lowest BCUT2D eigenvalue weighted by molar-refractivity contribution is -0.166. The fourth-order valence-electron chi connectivity index (χ4n) is 4.33. The fourth-order valence-corrected chi connectivity index (χ4v) is 4.33. The zero-order valence-electron chi connectivity index (χ0n) is 17.1. The number of hydrogen-bond donors (Lipinski definition) is 2. The van der Waals surface area contributed by atoms with Crippen LogP contribution < -0.4 is 5.32 Å². The van der Waals surface area contributed by atoms with Gasteiger partial charge < -0.3 is 19.9 Å². The Kier molecular flexibility index (Phi) is 8.07. The summed E-state index contributed by atoms with van der Waals surface area (Å²) in [5.41, 5.74) is 0.908. The Labute approximate surface area is 172 Å². The van der Waals surface area contributed by atoms with E-state index < -0.39 is 6.29 Å². The van der Waals surface area contributed by atoms with E-state index in [2.05, 4.69) is 5.32 Å². The average molecular weight is 406 g/mol. The number of amides is 1. The first-order valence-electron chi connectivity index (χ1n) is 10.8. The summed E-state index contributed by atoms with van der Waals surface area (Å²) in [5.74, 6) is -0.468. The molecule has 0 radical (unpaired) electrons. The molecule has 2 aliphatic rings. The lowest BCUT2D eigenvalue weighted by Gasteiger charge is -2.37. The highest BCUT2D eigenvalue weighted by Gasteiger charge is 2.38. The topological polar surface area (TPSA) is 67.8 Å². The van der Waals surface area contributed by atoms with Gasteiger partial charge in [0.25, 0.3) is 5.91 Å². The number of carbonyl (C=O) groups excluding carboxylic acids is 1. The Hall–Kier alpha value is -1.92. The van der Waals surface area contributed by atoms with Crippen LogP contribution in [-0.4, -0.2) is 36.6 Å². The van der Waals surface area contributed by atoms with Crippen LogP contribution in [0, 0.1) is 11.7 Å². The van der Waals surface area contributed by atoms with Crippen LogP contribution in [0.2, 0.25) is 0 Å².